The van der Waals surface area contributed by atoms with Crippen LogP contribution >= 0.6 is 34.3 Å². The van der Waals surface area contributed by atoms with Gasteiger partial charge in [-0.3, -0.25) is 0 Å². The SMILES string of the molecule is OC1CC(NC(c2cccs2)c2ccc(Cl)s2)C1. The first kappa shape index (κ1) is 12.6. The number of hydrogen-bond acceptors (Lipinski definition) is 4. The molecule has 0 radical (unpaired) electrons. The fourth-order valence-corrected chi connectivity index (χ4v) is 4.22. The molecule has 2 N–H and O–H groups in total. The van der Waals surface area contributed by atoms with E-state index in [-0.39, 0.29) is 12.1 Å². The second-order valence-corrected chi connectivity index (χ2v) is 7.31. The van der Waals surface area contributed by atoms with Gasteiger partial charge in [-0.05, 0) is 36.4 Å². The molecule has 0 amide bonds. The third-order valence-electron chi connectivity index (χ3n) is 3.22. The van der Waals surface area contributed by atoms with Crippen molar-refractivity contribution in [3.63, 3.8) is 0 Å². The zero-order chi connectivity index (χ0) is 12.5. The summed E-state index contributed by atoms with van der Waals surface area (Å²) in [5.74, 6) is 0. The Bertz CT molecular complexity index is 505. The Labute approximate surface area is 119 Å². The van der Waals surface area contributed by atoms with Crippen LogP contribution < -0.4 is 5.32 Å². The standard InChI is InChI=1S/C13H14ClNOS2/c14-12-4-3-11(18-12)13(10-2-1-5-17-10)15-8-6-9(16)7-8/h1-5,8-9,13,15-16H,6-7H2. The maximum Gasteiger partial charge on any atom is 0.0931 e. The molecular weight excluding hydrogens is 286 g/mol. The molecule has 0 aromatic carbocycles. The summed E-state index contributed by atoms with van der Waals surface area (Å²) in [5.41, 5.74) is 0. The van der Waals surface area contributed by atoms with Crippen molar-refractivity contribution in [3.8, 4) is 0 Å². The molecule has 18 heavy (non-hydrogen) atoms. The summed E-state index contributed by atoms with van der Waals surface area (Å²) in [7, 11) is 0. The molecule has 3 rings (SSSR count). The minimum atomic E-state index is -0.126. The number of aliphatic hydroxyl groups is 1. The summed E-state index contributed by atoms with van der Waals surface area (Å²) in [4.78, 5) is 2.54. The Morgan fingerprint density at radius 1 is 1.28 bits per heavy atom. The Morgan fingerprint density at radius 3 is 2.67 bits per heavy atom. The second-order valence-electron chi connectivity index (χ2n) is 4.58. The van der Waals surface area contributed by atoms with Crippen LogP contribution in [0, 0.1) is 0 Å². The first-order valence-electron chi connectivity index (χ1n) is 5.95. The van der Waals surface area contributed by atoms with Crippen molar-refractivity contribution in [2.75, 3.05) is 0 Å². The number of aliphatic hydroxyl groups excluding tert-OH is 1. The van der Waals surface area contributed by atoms with E-state index in [2.05, 4.69) is 28.9 Å². The third kappa shape index (κ3) is 2.63. The maximum atomic E-state index is 9.38. The average molecular weight is 300 g/mol. The van der Waals surface area contributed by atoms with Gasteiger partial charge in [0.05, 0.1) is 16.5 Å². The molecule has 0 saturated heterocycles. The van der Waals surface area contributed by atoms with Gasteiger partial charge in [0.1, 0.15) is 0 Å². The van der Waals surface area contributed by atoms with Gasteiger partial charge in [-0.1, -0.05) is 17.7 Å². The van der Waals surface area contributed by atoms with Gasteiger partial charge in [0.15, 0.2) is 0 Å². The van der Waals surface area contributed by atoms with E-state index in [0.717, 1.165) is 17.2 Å². The van der Waals surface area contributed by atoms with Crippen LogP contribution in [-0.2, 0) is 0 Å². The normalized spacial score (nSPS) is 24.8. The quantitative estimate of drug-likeness (QED) is 0.903. The lowest BCUT2D eigenvalue weighted by Crippen LogP contribution is -2.45. The van der Waals surface area contributed by atoms with Gasteiger partial charge >= 0.3 is 0 Å². The zero-order valence-corrected chi connectivity index (χ0v) is 12.1. The van der Waals surface area contributed by atoms with Crippen LogP contribution in [0.4, 0.5) is 0 Å². The first-order valence-corrected chi connectivity index (χ1v) is 8.02. The molecule has 1 aliphatic rings. The predicted octanol–water partition coefficient (Wildman–Crippen LogP) is 3.67. The summed E-state index contributed by atoms with van der Waals surface area (Å²) in [6, 6.07) is 8.86. The molecule has 2 aromatic rings. The Kier molecular flexibility index (Phi) is 3.73. The van der Waals surface area contributed by atoms with Crippen LogP contribution in [0.15, 0.2) is 29.6 Å². The highest BCUT2D eigenvalue weighted by molar-refractivity contribution is 7.16. The van der Waals surface area contributed by atoms with Crippen LogP contribution in [0.5, 0.6) is 0 Å². The van der Waals surface area contributed by atoms with Crippen molar-refractivity contribution >= 4 is 34.3 Å². The second kappa shape index (κ2) is 5.31. The Balaban J connectivity index is 1.80. The molecule has 0 aliphatic heterocycles. The first-order chi connectivity index (χ1) is 8.72. The molecule has 0 spiro atoms. The average Bonchev–Trinajstić information content (AvgIpc) is 2.94. The smallest absolute Gasteiger partial charge is 0.0931 e. The van der Waals surface area contributed by atoms with Gasteiger partial charge in [-0.25, -0.2) is 0 Å². The van der Waals surface area contributed by atoms with Crippen LogP contribution in [0.3, 0.4) is 0 Å². The predicted molar refractivity (Wildman–Crippen MR) is 77.7 cm³/mol. The van der Waals surface area contributed by atoms with E-state index in [1.165, 1.54) is 9.75 Å². The van der Waals surface area contributed by atoms with E-state index in [1.54, 1.807) is 22.7 Å². The molecule has 1 aliphatic carbocycles. The van der Waals surface area contributed by atoms with E-state index < -0.39 is 0 Å². The van der Waals surface area contributed by atoms with Gasteiger partial charge < -0.3 is 10.4 Å². The summed E-state index contributed by atoms with van der Waals surface area (Å²) >= 11 is 9.40. The van der Waals surface area contributed by atoms with Crippen LogP contribution in [0.25, 0.3) is 0 Å². The minimum Gasteiger partial charge on any atom is -0.393 e. The Morgan fingerprint density at radius 2 is 2.11 bits per heavy atom. The van der Waals surface area contributed by atoms with Crippen molar-refractivity contribution in [2.24, 2.45) is 0 Å². The van der Waals surface area contributed by atoms with Crippen molar-refractivity contribution < 1.29 is 5.11 Å². The lowest BCUT2D eigenvalue weighted by atomic mass is 9.88. The van der Waals surface area contributed by atoms with Crippen LogP contribution in [0.2, 0.25) is 4.34 Å². The summed E-state index contributed by atoms with van der Waals surface area (Å²) < 4.78 is 0.821. The van der Waals surface area contributed by atoms with Gasteiger partial charge in [0.25, 0.3) is 0 Å². The van der Waals surface area contributed by atoms with E-state index >= 15 is 0 Å². The zero-order valence-electron chi connectivity index (χ0n) is 9.67. The molecular formula is C13H14ClNOS2. The molecule has 5 heteroatoms. The summed E-state index contributed by atoms with van der Waals surface area (Å²) in [6.45, 7) is 0. The molecule has 1 unspecified atom stereocenters. The highest BCUT2D eigenvalue weighted by atomic mass is 35.5. The van der Waals surface area contributed by atoms with Crippen molar-refractivity contribution in [3.05, 3.63) is 43.7 Å². The number of halogens is 1. The van der Waals surface area contributed by atoms with E-state index in [1.807, 2.05) is 6.07 Å². The third-order valence-corrected chi connectivity index (χ3v) is 5.45. The maximum absolute atomic E-state index is 9.38. The molecule has 1 fully saturated rings. The van der Waals surface area contributed by atoms with Gasteiger partial charge in [0, 0.05) is 15.8 Å². The molecule has 1 atom stereocenters. The molecule has 0 bridgehead atoms. The lowest BCUT2D eigenvalue weighted by Gasteiger charge is -2.35. The van der Waals surface area contributed by atoms with Gasteiger partial charge in [-0.15, -0.1) is 22.7 Å². The minimum absolute atomic E-state index is 0.126. The van der Waals surface area contributed by atoms with E-state index in [4.69, 9.17) is 11.6 Å². The van der Waals surface area contributed by atoms with Crippen molar-refractivity contribution in [2.45, 2.75) is 31.0 Å². The van der Waals surface area contributed by atoms with Crippen molar-refractivity contribution in [1.82, 2.24) is 5.32 Å². The topological polar surface area (TPSA) is 32.3 Å². The fourth-order valence-electron chi connectivity index (χ4n) is 2.20. The lowest BCUT2D eigenvalue weighted by molar-refractivity contribution is 0.0598. The molecule has 2 heterocycles. The largest absolute Gasteiger partial charge is 0.393 e. The highest BCUT2D eigenvalue weighted by Gasteiger charge is 2.30. The molecule has 2 nitrogen and oxygen atoms in total. The van der Waals surface area contributed by atoms with E-state index in [9.17, 15) is 5.11 Å². The summed E-state index contributed by atoms with van der Waals surface area (Å²) in [5, 5.41) is 15.1. The summed E-state index contributed by atoms with van der Waals surface area (Å²) in [6.07, 6.45) is 1.57. The number of rotatable bonds is 4. The molecule has 1 saturated carbocycles. The Hall–Kier alpha value is -0.390. The molecule has 2 aromatic heterocycles. The van der Waals surface area contributed by atoms with Gasteiger partial charge in [-0.2, -0.15) is 0 Å². The van der Waals surface area contributed by atoms with Gasteiger partial charge in [0.2, 0.25) is 0 Å². The fraction of sp³-hybridized carbons (Fsp3) is 0.385. The monoisotopic (exact) mass is 299 g/mol. The molecule has 96 valence electrons. The van der Waals surface area contributed by atoms with Crippen LogP contribution in [0.1, 0.15) is 28.6 Å². The number of nitrogens with one attached hydrogen (secondary N) is 1. The van der Waals surface area contributed by atoms with Crippen LogP contribution in [-0.4, -0.2) is 17.3 Å². The van der Waals surface area contributed by atoms with E-state index in [0.29, 0.717) is 6.04 Å². The van der Waals surface area contributed by atoms with Crippen molar-refractivity contribution in [1.29, 1.82) is 0 Å². The highest BCUT2D eigenvalue weighted by Crippen LogP contribution is 2.35. The number of thiophene rings is 2. The number of hydrogen-bond donors (Lipinski definition) is 2.